The zero-order valence-electron chi connectivity index (χ0n) is 11.5. The van der Waals surface area contributed by atoms with Gasteiger partial charge in [0, 0.05) is 11.4 Å². The van der Waals surface area contributed by atoms with Crippen LogP contribution in [0.1, 0.15) is 26.3 Å². The second kappa shape index (κ2) is 5.22. The molecule has 2 aromatic rings. The predicted molar refractivity (Wildman–Crippen MR) is 80.3 cm³/mol. The summed E-state index contributed by atoms with van der Waals surface area (Å²) in [5.74, 6) is 0. The zero-order chi connectivity index (χ0) is 13.9. The van der Waals surface area contributed by atoms with Gasteiger partial charge in [-0.15, -0.1) is 4.91 Å². The number of rotatable bonds is 3. The molecule has 0 bridgehead atoms. The minimum absolute atomic E-state index is 0.0577. The summed E-state index contributed by atoms with van der Waals surface area (Å²) >= 11 is 0. The number of para-hydroxylation sites is 1. The van der Waals surface area contributed by atoms with Gasteiger partial charge in [0.05, 0.1) is 0 Å². The van der Waals surface area contributed by atoms with Crippen LogP contribution >= 0.6 is 0 Å². The summed E-state index contributed by atoms with van der Waals surface area (Å²) in [6.07, 6.45) is 0. The zero-order valence-corrected chi connectivity index (χ0v) is 11.5. The minimum Gasteiger partial charge on any atom is -0.355 e. The summed E-state index contributed by atoms with van der Waals surface area (Å²) in [7, 11) is 0. The molecule has 0 saturated carbocycles. The van der Waals surface area contributed by atoms with E-state index >= 15 is 0 Å². The van der Waals surface area contributed by atoms with E-state index in [1.54, 1.807) is 6.07 Å². The summed E-state index contributed by atoms with van der Waals surface area (Å²) in [6.45, 7) is 6.35. The lowest BCUT2D eigenvalue weighted by Gasteiger charge is -2.23. The van der Waals surface area contributed by atoms with Crippen LogP contribution in [-0.4, -0.2) is 0 Å². The van der Waals surface area contributed by atoms with Crippen LogP contribution in [0.3, 0.4) is 0 Å². The van der Waals surface area contributed by atoms with Crippen molar-refractivity contribution < 1.29 is 0 Å². The highest BCUT2D eigenvalue weighted by atomic mass is 16.3. The highest BCUT2D eigenvalue weighted by molar-refractivity contribution is 5.67. The molecule has 1 N–H and O–H groups in total. The molecule has 2 aromatic carbocycles. The Hall–Kier alpha value is -2.16. The van der Waals surface area contributed by atoms with E-state index in [0.29, 0.717) is 5.69 Å². The van der Waals surface area contributed by atoms with Crippen molar-refractivity contribution in [3.05, 3.63) is 59.0 Å². The van der Waals surface area contributed by atoms with Crippen molar-refractivity contribution in [2.45, 2.75) is 26.2 Å². The third-order valence-electron chi connectivity index (χ3n) is 2.97. The van der Waals surface area contributed by atoms with Crippen molar-refractivity contribution in [3.8, 4) is 0 Å². The normalized spacial score (nSPS) is 11.1. The molecule has 98 valence electrons. The first kappa shape index (κ1) is 13.3. The Morgan fingerprint density at radius 1 is 1.00 bits per heavy atom. The second-order valence-electron chi connectivity index (χ2n) is 5.56. The van der Waals surface area contributed by atoms with Gasteiger partial charge in [-0.3, -0.25) is 0 Å². The molecule has 2 rings (SSSR count). The molecule has 0 aromatic heterocycles. The number of hydrogen-bond donors (Lipinski definition) is 1. The Balaban J connectivity index is 2.42. The van der Waals surface area contributed by atoms with Crippen molar-refractivity contribution in [3.63, 3.8) is 0 Å². The molecular formula is C16H18N2O. The van der Waals surface area contributed by atoms with E-state index < -0.39 is 0 Å². The molecule has 0 radical (unpaired) electrons. The molecule has 0 spiro atoms. The maximum absolute atomic E-state index is 10.7. The van der Waals surface area contributed by atoms with Gasteiger partial charge >= 0.3 is 0 Å². The SMILES string of the molecule is CC(C)(C)c1cc(N=O)ccc1Nc1ccccc1. The predicted octanol–water partition coefficient (Wildman–Crippen LogP) is 5.13. The Labute approximate surface area is 113 Å². The fourth-order valence-corrected chi connectivity index (χ4v) is 2.00. The molecule has 0 saturated heterocycles. The van der Waals surface area contributed by atoms with Crippen molar-refractivity contribution in [1.82, 2.24) is 0 Å². The van der Waals surface area contributed by atoms with Gasteiger partial charge in [0.25, 0.3) is 0 Å². The van der Waals surface area contributed by atoms with Gasteiger partial charge in [0.2, 0.25) is 0 Å². The molecule has 0 amide bonds. The van der Waals surface area contributed by atoms with Crippen LogP contribution in [0.15, 0.2) is 53.7 Å². The average Bonchev–Trinajstić information content (AvgIpc) is 2.39. The monoisotopic (exact) mass is 254 g/mol. The first-order valence-corrected chi connectivity index (χ1v) is 6.30. The molecule has 3 heteroatoms. The Morgan fingerprint density at radius 3 is 2.26 bits per heavy atom. The maximum Gasteiger partial charge on any atom is 0.108 e. The standard InChI is InChI=1S/C16H18N2O/c1-16(2,3)14-11-13(18-19)9-10-15(14)17-12-7-5-4-6-8-12/h4-11,17H,1-3H3. The number of benzene rings is 2. The van der Waals surface area contributed by atoms with E-state index in [4.69, 9.17) is 0 Å². The van der Waals surface area contributed by atoms with Crippen molar-refractivity contribution >= 4 is 17.1 Å². The third-order valence-corrected chi connectivity index (χ3v) is 2.97. The molecule has 3 nitrogen and oxygen atoms in total. The van der Waals surface area contributed by atoms with Crippen LogP contribution in [0, 0.1) is 4.91 Å². The van der Waals surface area contributed by atoms with E-state index in [-0.39, 0.29) is 5.41 Å². The average molecular weight is 254 g/mol. The number of hydrogen-bond acceptors (Lipinski definition) is 3. The van der Waals surface area contributed by atoms with Crippen LogP contribution < -0.4 is 5.32 Å². The Morgan fingerprint density at radius 2 is 1.68 bits per heavy atom. The molecule has 0 aliphatic rings. The van der Waals surface area contributed by atoms with Gasteiger partial charge in [-0.05, 0) is 46.5 Å². The Bertz CT molecular complexity index is 571. The molecule has 0 aliphatic carbocycles. The maximum atomic E-state index is 10.7. The van der Waals surface area contributed by atoms with Crippen LogP contribution in [-0.2, 0) is 5.41 Å². The number of nitrogens with zero attached hydrogens (tertiary/aromatic N) is 1. The van der Waals surface area contributed by atoms with Gasteiger partial charge < -0.3 is 5.32 Å². The largest absolute Gasteiger partial charge is 0.355 e. The lowest BCUT2D eigenvalue weighted by molar-refractivity contribution is 0.592. The van der Waals surface area contributed by atoms with Gasteiger partial charge in [-0.2, -0.15) is 0 Å². The first-order valence-electron chi connectivity index (χ1n) is 6.30. The van der Waals surface area contributed by atoms with Crippen molar-refractivity contribution in [1.29, 1.82) is 0 Å². The second-order valence-corrected chi connectivity index (χ2v) is 5.56. The molecule has 0 fully saturated rings. The minimum atomic E-state index is -0.0577. The summed E-state index contributed by atoms with van der Waals surface area (Å²) in [6, 6.07) is 15.5. The van der Waals surface area contributed by atoms with E-state index in [9.17, 15) is 4.91 Å². The number of nitroso groups, excluding NO2 is 1. The fourth-order valence-electron chi connectivity index (χ4n) is 2.00. The van der Waals surface area contributed by atoms with Crippen LogP contribution in [0.4, 0.5) is 17.1 Å². The Kier molecular flexibility index (Phi) is 3.65. The van der Waals surface area contributed by atoms with Gasteiger partial charge in [0.1, 0.15) is 5.69 Å². The summed E-state index contributed by atoms with van der Waals surface area (Å²) in [5.41, 5.74) is 3.51. The molecule has 0 atom stereocenters. The summed E-state index contributed by atoms with van der Waals surface area (Å²) < 4.78 is 0. The van der Waals surface area contributed by atoms with E-state index in [1.165, 1.54) is 0 Å². The quantitative estimate of drug-likeness (QED) is 0.772. The molecule has 0 aliphatic heterocycles. The van der Waals surface area contributed by atoms with Crippen LogP contribution in [0.5, 0.6) is 0 Å². The smallest absolute Gasteiger partial charge is 0.108 e. The van der Waals surface area contributed by atoms with E-state index in [1.807, 2.05) is 42.5 Å². The molecule has 0 unspecified atom stereocenters. The van der Waals surface area contributed by atoms with Crippen LogP contribution in [0.25, 0.3) is 0 Å². The van der Waals surface area contributed by atoms with Gasteiger partial charge in [-0.1, -0.05) is 39.0 Å². The van der Waals surface area contributed by atoms with Gasteiger partial charge in [0.15, 0.2) is 0 Å². The molecule has 0 heterocycles. The highest BCUT2D eigenvalue weighted by Crippen LogP contribution is 2.34. The number of nitrogens with one attached hydrogen (secondary N) is 1. The van der Waals surface area contributed by atoms with Crippen molar-refractivity contribution in [2.75, 3.05) is 5.32 Å². The van der Waals surface area contributed by atoms with Gasteiger partial charge in [-0.25, -0.2) is 0 Å². The highest BCUT2D eigenvalue weighted by Gasteiger charge is 2.19. The summed E-state index contributed by atoms with van der Waals surface area (Å²) in [5, 5.41) is 6.40. The van der Waals surface area contributed by atoms with Crippen molar-refractivity contribution in [2.24, 2.45) is 5.18 Å². The number of anilines is 2. The molecular weight excluding hydrogens is 236 g/mol. The lowest BCUT2D eigenvalue weighted by atomic mass is 9.85. The summed E-state index contributed by atoms with van der Waals surface area (Å²) in [4.78, 5) is 10.7. The lowest BCUT2D eigenvalue weighted by Crippen LogP contribution is -2.13. The molecule has 19 heavy (non-hydrogen) atoms. The van der Waals surface area contributed by atoms with Crippen LogP contribution in [0.2, 0.25) is 0 Å². The first-order chi connectivity index (χ1) is 9.00. The fraction of sp³-hybridized carbons (Fsp3) is 0.250. The third kappa shape index (κ3) is 3.19. The topological polar surface area (TPSA) is 41.5 Å². The van der Waals surface area contributed by atoms with E-state index in [2.05, 4.69) is 31.3 Å². The van der Waals surface area contributed by atoms with E-state index in [0.717, 1.165) is 16.9 Å².